The molecule has 90 heavy (non-hydrogen) atoms. The summed E-state index contributed by atoms with van der Waals surface area (Å²) in [5.41, 5.74) is -1.25. The van der Waals surface area contributed by atoms with Crippen LogP contribution in [0, 0.1) is 16.7 Å². The van der Waals surface area contributed by atoms with Crippen LogP contribution in [0.5, 0.6) is 0 Å². The van der Waals surface area contributed by atoms with Crippen molar-refractivity contribution in [3.05, 3.63) is 102 Å². The van der Waals surface area contributed by atoms with Crippen molar-refractivity contribution in [3.8, 4) is 0 Å². The van der Waals surface area contributed by atoms with Crippen molar-refractivity contribution < 1.29 is 54.3 Å². The number of unbranched alkanes of at least 4 members (excludes halogenated alkanes) is 6. The van der Waals surface area contributed by atoms with Gasteiger partial charge in [-0.15, -0.1) is 18.3 Å². The van der Waals surface area contributed by atoms with Gasteiger partial charge < -0.3 is 25.5 Å². The van der Waals surface area contributed by atoms with Gasteiger partial charge in [0, 0.05) is 112 Å². The van der Waals surface area contributed by atoms with Crippen molar-refractivity contribution in [1.29, 1.82) is 0 Å². The zero-order valence-electron chi connectivity index (χ0n) is 53.8. The average molecular weight is 1310 g/mol. The van der Waals surface area contributed by atoms with Gasteiger partial charge in [-0.05, 0) is 143 Å². The third-order valence-electron chi connectivity index (χ3n) is 18.1. The predicted octanol–water partition coefficient (Wildman–Crippen LogP) is 12.0. The minimum absolute atomic E-state index is 0.00809. The SMILES string of the molecule is C=C(C)CCC1=C(CN2CCN(c3ccc(C(=O)NS(=O)(=O)c4ccc(N[C@H](CCN5CCN(C(=O)CCCCCCCCCC(=O)N[C@H](C(=O)C6CC[C@@H](O)C6)C(C)(C)C)CC5)CSc5ccccc5)c(S(=O)(=O)C(F)(F)F)c4)cc3)CC2)CCC(C)(C)C1. The number of rotatable bonds is 31. The molecule has 0 bridgehead atoms. The monoisotopic (exact) mass is 1310 g/mol. The third kappa shape index (κ3) is 21.4. The number of halogens is 3. The molecule has 0 aromatic heterocycles. The minimum atomic E-state index is -6.13. The quantitative estimate of drug-likeness (QED) is 0.0269. The highest BCUT2D eigenvalue weighted by molar-refractivity contribution is 7.99. The first-order valence-electron chi connectivity index (χ1n) is 32.4. The average Bonchev–Trinajstić information content (AvgIpc) is 0.882. The summed E-state index contributed by atoms with van der Waals surface area (Å²) in [6, 6.07) is 17.0. The number of nitrogens with one attached hydrogen (secondary N) is 3. The van der Waals surface area contributed by atoms with Crippen LogP contribution in [0.2, 0.25) is 0 Å². The summed E-state index contributed by atoms with van der Waals surface area (Å²) in [4.78, 5) is 60.3. The molecular weight excluding hydrogens is 1210 g/mol. The Balaban J connectivity index is 0.878. The van der Waals surface area contributed by atoms with Crippen LogP contribution in [-0.2, 0) is 34.2 Å². The summed E-state index contributed by atoms with van der Waals surface area (Å²) < 4.78 is 99.7. The molecule has 16 nitrogen and oxygen atoms in total. The Labute approximate surface area is 538 Å². The van der Waals surface area contributed by atoms with Crippen LogP contribution in [0.4, 0.5) is 24.5 Å². The molecule has 1 unspecified atom stereocenters. The van der Waals surface area contributed by atoms with E-state index in [2.05, 4.69) is 52.7 Å². The molecule has 4 N–H and O–H groups in total. The van der Waals surface area contributed by atoms with Gasteiger partial charge in [0.2, 0.25) is 11.8 Å². The van der Waals surface area contributed by atoms with Crippen LogP contribution in [0.15, 0.2) is 111 Å². The Morgan fingerprint density at radius 1 is 0.778 bits per heavy atom. The van der Waals surface area contributed by atoms with Crippen molar-refractivity contribution in [2.75, 3.05) is 81.4 Å². The summed E-state index contributed by atoms with van der Waals surface area (Å²) in [7, 11) is -11.0. The van der Waals surface area contributed by atoms with Crippen molar-refractivity contribution in [2.24, 2.45) is 16.7 Å². The molecule has 2 saturated heterocycles. The standard InChI is InChI=1S/C68H98F3N7O9S3/c1-49(2)22-23-52-46-67(6,7)34-32-53(52)47-76-38-40-77(41-39-76)55-27-24-50(25-28-55)65(83)74-90(86,87)58-30-31-59(60(45-58)89(84,85)68(69,70)71)72-54(48-88-57-18-14-13-15-19-57)33-35-75-36-42-78(43-37-75)62(81)21-17-12-10-8-9-11-16-20-61(80)73-64(66(3,4)5)63(82)51-26-29-56(79)44-51/h13-15,18-19,24-25,27-28,30-31,45,51,54,56,64,72,79H,1,8-12,16-17,20-23,26,29,32-44,46-48H2,2-7H3,(H,73,80)(H,74,83)/t51?,54-,56-,64-/m1/s1. The zero-order chi connectivity index (χ0) is 65.4. The van der Waals surface area contributed by atoms with Gasteiger partial charge in [0.1, 0.15) is 4.90 Å². The van der Waals surface area contributed by atoms with Gasteiger partial charge in [-0.3, -0.25) is 29.0 Å². The molecule has 0 spiro atoms. The molecule has 3 amide bonds. The predicted molar refractivity (Wildman–Crippen MR) is 352 cm³/mol. The normalized spacial score (nSPS) is 19.5. The van der Waals surface area contributed by atoms with Gasteiger partial charge in [-0.2, -0.15) is 13.2 Å². The number of nitrogens with zero attached hydrogens (tertiary/aromatic N) is 4. The maximum Gasteiger partial charge on any atom is 0.501 e. The first-order chi connectivity index (χ1) is 42.5. The van der Waals surface area contributed by atoms with Crippen molar-refractivity contribution in [1.82, 2.24) is 24.7 Å². The number of sulfone groups is 1. The van der Waals surface area contributed by atoms with Gasteiger partial charge >= 0.3 is 5.51 Å². The second kappa shape index (κ2) is 32.5. The Morgan fingerprint density at radius 2 is 1.41 bits per heavy atom. The highest BCUT2D eigenvalue weighted by atomic mass is 32.2. The Bertz CT molecular complexity index is 3180. The molecule has 498 valence electrons. The van der Waals surface area contributed by atoms with E-state index in [0.29, 0.717) is 83.1 Å². The molecular formula is C68H98F3N7O9S3. The summed E-state index contributed by atoms with van der Waals surface area (Å²) in [5, 5.41) is 16.0. The number of allylic oxidation sites excluding steroid dienone is 2. The third-order valence-corrected chi connectivity index (χ3v) is 22.2. The number of carbonyl (C=O) groups is 4. The summed E-state index contributed by atoms with van der Waals surface area (Å²) >= 11 is 1.42. The van der Waals surface area contributed by atoms with Crippen molar-refractivity contribution in [3.63, 3.8) is 0 Å². The van der Waals surface area contributed by atoms with Crippen LogP contribution >= 0.6 is 11.8 Å². The first kappa shape index (κ1) is 72.2. The molecule has 2 aliphatic carbocycles. The molecule has 3 aromatic carbocycles. The molecule has 4 aliphatic rings. The highest BCUT2D eigenvalue weighted by Crippen LogP contribution is 2.42. The van der Waals surface area contributed by atoms with Crippen LogP contribution in [0.1, 0.15) is 167 Å². The lowest BCUT2D eigenvalue weighted by molar-refractivity contribution is -0.133. The Hall–Kier alpha value is -5.26. The fourth-order valence-electron chi connectivity index (χ4n) is 12.6. The van der Waals surface area contributed by atoms with Gasteiger partial charge in [0.05, 0.1) is 22.7 Å². The van der Waals surface area contributed by atoms with E-state index in [1.165, 1.54) is 29.5 Å². The van der Waals surface area contributed by atoms with Gasteiger partial charge in [0.15, 0.2) is 5.78 Å². The van der Waals surface area contributed by atoms with E-state index in [9.17, 15) is 54.3 Å². The summed E-state index contributed by atoms with van der Waals surface area (Å²) in [5.74, 6) is -1.00. The topological polar surface area (TPSA) is 206 Å². The van der Waals surface area contributed by atoms with Gasteiger partial charge in [-0.1, -0.05) is 102 Å². The molecule has 4 atom stereocenters. The van der Waals surface area contributed by atoms with Crippen molar-refractivity contribution in [2.45, 2.75) is 195 Å². The zero-order valence-corrected chi connectivity index (χ0v) is 56.3. The van der Waals surface area contributed by atoms with Crippen molar-refractivity contribution >= 4 is 66.5 Å². The lowest BCUT2D eigenvalue weighted by Crippen LogP contribution is -2.51. The van der Waals surface area contributed by atoms with E-state index in [1.807, 2.05) is 60.7 Å². The van der Waals surface area contributed by atoms with E-state index in [-0.39, 0.29) is 34.5 Å². The Morgan fingerprint density at radius 3 is 2.02 bits per heavy atom. The number of thioether (sulfide) groups is 1. The number of aliphatic hydroxyl groups excluding tert-OH is 1. The molecule has 2 aliphatic heterocycles. The summed E-state index contributed by atoms with van der Waals surface area (Å²) in [6.45, 7) is 23.4. The highest BCUT2D eigenvalue weighted by Gasteiger charge is 2.49. The van der Waals surface area contributed by atoms with Gasteiger partial charge in [-0.25, -0.2) is 21.6 Å². The number of benzene rings is 3. The molecule has 3 fully saturated rings. The van der Waals surface area contributed by atoms with E-state index in [1.54, 1.807) is 23.3 Å². The molecule has 0 radical (unpaired) electrons. The number of hydrogen-bond donors (Lipinski definition) is 4. The van der Waals surface area contributed by atoms with E-state index in [0.717, 1.165) is 132 Å². The van der Waals surface area contributed by atoms with Crippen LogP contribution < -0.4 is 20.3 Å². The number of carbonyl (C=O) groups excluding carboxylic acids is 4. The van der Waals surface area contributed by atoms with Crippen LogP contribution in [0.3, 0.4) is 0 Å². The minimum Gasteiger partial charge on any atom is -0.393 e. The first-order valence-corrected chi connectivity index (χ1v) is 36.3. The van der Waals surface area contributed by atoms with E-state index < -0.39 is 70.4 Å². The lowest BCUT2D eigenvalue weighted by atomic mass is 9.73. The fraction of sp³-hybridized carbons (Fsp3) is 0.618. The number of aliphatic hydroxyl groups is 1. The lowest BCUT2D eigenvalue weighted by Gasteiger charge is -2.39. The second-order valence-corrected chi connectivity index (χ2v) is 31.9. The molecule has 22 heteroatoms. The van der Waals surface area contributed by atoms with Gasteiger partial charge in [0.25, 0.3) is 25.8 Å². The number of hydrogen-bond acceptors (Lipinski definition) is 14. The number of alkyl halides is 3. The smallest absolute Gasteiger partial charge is 0.393 e. The number of anilines is 2. The number of amides is 3. The molecule has 7 rings (SSSR count). The number of sulfonamides is 1. The maximum atomic E-state index is 14.5. The number of Topliss-reactive ketones (excluding diaryl/α,β-unsaturated/α-hetero) is 1. The van der Waals surface area contributed by atoms with E-state index >= 15 is 0 Å². The van der Waals surface area contributed by atoms with Crippen LogP contribution in [-0.4, -0.2) is 155 Å². The molecule has 2 heterocycles. The fourth-order valence-corrected chi connectivity index (χ4v) is 15.6. The molecule has 3 aromatic rings. The number of ketones is 1. The van der Waals surface area contributed by atoms with Crippen LogP contribution in [0.25, 0.3) is 0 Å². The molecule has 1 saturated carbocycles. The summed E-state index contributed by atoms with van der Waals surface area (Å²) in [6.07, 6.45) is 14.0. The maximum absolute atomic E-state index is 14.5. The second-order valence-electron chi connectivity index (χ2n) is 27.2. The largest absolute Gasteiger partial charge is 0.501 e. The Kier molecular flexibility index (Phi) is 26.1. The number of piperazine rings is 2. The van der Waals surface area contributed by atoms with E-state index in [4.69, 9.17) is 0 Å².